The molecular weight excluding hydrogens is 182 g/mol. The summed E-state index contributed by atoms with van der Waals surface area (Å²) in [6.07, 6.45) is 14.3. The second-order valence-corrected chi connectivity index (χ2v) is 5.12. The first-order valence-corrected chi connectivity index (χ1v) is 6.74. The summed E-state index contributed by atoms with van der Waals surface area (Å²) in [6.45, 7) is 2.26. The van der Waals surface area contributed by atoms with Gasteiger partial charge in [-0.3, -0.25) is 0 Å². The first-order chi connectivity index (χ1) is 7.33. The lowest BCUT2D eigenvalue weighted by Gasteiger charge is -2.35. The molecule has 15 heavy (non-hydrogen) atoms. The lowest BCUT2D eigenvalue weighted by atomic mass is 9.67. The van der Waals surface area contributed by atoms with Crippen molar-refractivity contribution < 1.29 is 0 Å². The highest BCUT2D eigenvalue weighted by atomic mass is 14.4. The quantitative estimate of drug-likeness (QED) is 0.523. The van der Waals surface area contributed by atoms with Gasteiger partial charge in [-0.15, -0.1) is 0 Å². The molecule has 1 saturated carbocycles. The van der Waals surface area contributed by atoms with Gasteiger partial charge >= 0.3 is 0 Å². The molecule has 1 nitrogen and oxygen atoms in total. The number of unbranched alkanes of at least 4 members (excludes halogenated alkanes) is 6. The second-order valence-electron chi connectivity index (χ2n) is 5.12. The van der Waals surface area contributed by atoms with Gasteiger partial charge in [0.15, 0.2) is 0 Å². The van der Waals surface area contributed by atoms with Gasteiger partial charge in [0.25, 0.3) is 0 Å². The topological polar surface area (TPSA) is 23.8 Å². The van der Waals surface area contributed by atoms with Gasteiger partial charge in [0.1, 0.15) is 0 Å². The van der Waals surface area contributed by atoms with E-state index in [2.05, 4.69) is 13.0 Å². The fourth-order valence-electron chi connectivity index (χ4n) is 2.44. The van der Waals surface area contributed by atoms with Crippen LogP contribution in [0.2, 0.25) is 0 Å². The molecule has 0 radical (unpaired) electrons. The van der Waals surface area contributed by atoms with Crippen molar-refractivity contribution in [2.75, 3.05) is 0 Å². The maximum Gasteiger partial charge on any atom is 0.0689 e. The van der Waals surface area contributed by atoms with Crippen molar-refractivity contribution in [2.45, 2.75) is 77.6 Å². The molecule has 0 saturated heterocycles. The molecule has 1 aliphatic rings. The lowest BCUT2D eigenvalue weighted by Crippen LogP contribution is -2.27. The number of hydrogen-bond donors (Lipinski definition) is 0. The van der Waals surface area contributed by atoms with Gasteiger partial charge in [-0.2, -0.15) is 5.26 Å². The maximum atomic E-state index is 9.06. The molecule has 1 aliphatic carbocycles. The van der Waals surface area contributed by atoms with Crippen LogP contribution >= 0.6 is 0 Å². The maximum absolute atomic E-state index is 9.06. The molecule has 0 aliphatic heterocycles. The minimum atomic E-state index is 0.115. The van der Waals surface area contributed by atoms with Crippen molar-refractivity contribution in [1.82, 2.24) is 0 Å². The zero-order chi connectivity index (χ0) is 11.0. The van der Waals surface area contributed by atoms with Crippen LogP contribution in [0.25, 0.3) is 0 Å². The van der Waals surface area contributed by atoms with Crippen molar-refractivity contribution >= 4 is 0 Å². The highest BCUT2D eigenvalue weighted by molar-refractivity contribution is 5.04. The van der Waals surface area contributed by atoms with E-state index in [0.29, 0.717) is 0 Å². The summed E-state index contributed by atoms with van der Waals surface area (Å²) in [6, 6.07) is 2.53. The summed E-state index contributed by atoms with van der Waals surface area (Å²) in [4.78, 5) is 0. The van der Waals surface area contributed by atoms with Crippen LogP contribution < -0.4 is 0 Å². The van der Waals surface area contributed by atoms with Crippen LogP contribution in [0.3, 0.4) is 0 Å². The van der Waals surface area contributed by atoms with E-state index in [0.717, 1.165) is 6.42 Å². The summed E-state index contributed by atoms with van der Waals surface area (Å²) in [5.41, 5.74) is 0.115. The molecular formula is C14H25N. The molecule has 0 atom stereocenters. The summed E-state index contributed by atoms with van der Waals surface area (Å²) >= 11 is 0. The van der Waals surface area contributed by atoms with Crippen molar-refractivity contribution in [1.29, 1.82) is 5.26 Å². The normalized spacial score (nSPS) is 18.1. The molecule has 0 spiro atoms. The summed E-state index contributed by atoms with van der Waals surface area (Å²) < 4.78 is 0. The minimum absolute atomic E-state index is 0.115. The summed E-state index contributed by atoms with van der Waals surface area (Å²) in [7, 11) is 0. The molecule has 0 N–H and O–H groups in total. The lowest BCUT2D eigenvalue weighted by molar-refractivity contribution is 0.191. The van der Waals surface area contributed by atoms with Gasteiger partial charge in [0.05, 0.1) is 11.5 Å². The Bertz CT molecular complexity index is 198. The van der Waals surface area contributed by atoms with Crippen LogP contribution in [-0.4, -0.2) is 0 Å². The monoisotopic (exact) mass is 207 g/mol. The summed E-state index contributed by atoms with van der Waals surface area (Å²) in [5.74, 6) is 0. The first kappa shape index (κ1) is 12.6. The molecule has 1 rings (SSSR count). The Morgan fingerprint density at radius 3 is 2.07 bits per heavy atom. The highest BCUT2D eigenvalue weighted by Gasteiger charge is 2.36. The van der Waals surface area contributed by atoms with Gasteiger partial charge in [-0.25, -0.2) is 0 Å². The summed E-state index contributed by atoms with van der Waals surface area (Å²) in [5, 5.41) is 9.06. The van der Waals surface area contributed by atoms with Gasteiger partial charge in [0, 0.05) is 0 Å². The second kappa shape index (κ2) is 6.88. The molecule has 0 aromatic heterocycles. The number of rotatable bonds is 8. The van der Waals surface area contributed by atoms with Crippen LogP contribution in [0, 0.1) is 16.7 Å². The average Bonchev–Trinajstić information content (AvgIpc) is 2.20. The van der Waals surface area contributed by atoms with Crippen LogP contribution in [0.4, 0.5) is 0 Å². The fourth-order valence-corrected chi connectivity index (χ4v) is 2.44. The zero-order valence-corrected chi connectivity index (χ0v) is 10.2. The van der Waals surface area contributed by atoms with E-state index in [1.807, 2.05) is 0 Å². The van der Waals surface area contributed by atoms with Gasteiger partial charge < -0.3 is 0 Å². The van der Waals surface area contributed by atoms with Crippen molar-refractivity contribution in [2.24, 2.45) is 5.41 Å². The Balaban J connectivity index is 1.91. The largest absolute Gasteiger partial charge is 0.198 e. The smallest absolute Gasteiger partial charge is 0.0689 e. The Kier molecular flexibility index (Phi) is 5.76. The van der Waals surface area contributed by atoms with E-state index in [4.69, 9.17) is 5.26 Å². The van der Waals surface area contributed by atoms with E-state index in [-0.39, 0.29) is 5.41 Å². The van der Waals surface area contributed by atoms with Crippen molar-refractivity contribution in [3.8, 4) is 6.07 Å². The molecule has 0 unspecified atom stereocenters. The van der Waals surface area contributed by atoms with E-state index in [1.54, 1.807) is 0 Å². The van der Waals surface area contributed by atoms with Gasteiger partial charge in [-0.05, 0) is 19.3 Å². The Hall–Kier alpha value is -0.510. The molecule has 1 fully saturated rings. The van der Waals surface area contributed by atoms with Crippen LogP contribution in [0.5, 0.6) is 0 Å². The zero-order valence-electron chi connectivity index (χ0n) is 10.2. The third kappa shape index (κ3) is 4.24. The van der Waals surface area contributed by atoms with Crippen LogP contribution in [0.1, 0.15) is 77.6 Å². The Labute approximate surface area is 94.9 Å². The average molecular weight is 207 g/mol. The predicted molar refractivity (Wildman–Crippen MR) is 64.5 cm³/mol. The molecule has 0 aromatic carbocycles. The SMILES string of the molecule is CCCCCCCCCC1(C#N)CCC1. The fraction of sp³-hybridized carbons (Fsp3) is 0.929. The first-order valence-electron chi connectivity index (χ1n) is 6.74. The van der Waals surface area contributed by atoms with Crippen LogP contribution in [-0.2, 0) is 0 Å². The van der Waals surface area contributed by atoms with Crippen molar-refractivity contribution in [3.63, 3.8) is 0 Å². The minimum Gasteiger partial charge on any atom is -0.198 e. The molecule has 0 heterocycles. The number of nitriles is 1. The van der Waals surface area contributed by atoms with E-state index in [9.17, 15) is 0 Å². The standard InChI is InChI=1S/C14H25N/c1-2-3-4-5-6-7-8-10-14(13-15)11-9-12-14/h2-12H2,1H3. The molecule has 1 heteroatoms. The van der Waals surface area contributed by atoms with Crippen LogP contribution in [0.15, 0.2) is 0 Å². The van der Waals surface area contributed by atoms with Gasteiger partial charge in [0.2, 0.25) is 0 Å². The number of nitrogens with zero attached hydrogens (tertiary/aromatic N) is 1. The van der Waals surface area contributed by atoms with E-state index >= 15 is 0 Å². The Morgan fingerprint density at radius 1 is 1.00 bits per heavy atom. The van der Waals surface area contributed by atoms with E-state index in [1.165, 1.54) is 64.2 Å². The number of hydrogen-bond acceptors (Lipinski definition) is 1. The third-order valence-corrected chi connectivity index (χ3v) is 3.81. The molecule has 0 amide bonds. The third-order valence-electron chi connectivity index (χ3n) is 3.81. The predicted octanol–water partition coefficient (Wildman–Crippen LogP) is 4.82. The molecule has 0 bridgehead atoms. The molecule has 0 aromatic rings. The highest BCUT2D eigenvalue weighted by Crippen LogP contribution is 2.44. The van der Waals surface area contributed by atoms with E-state index < -0.39 is 0 Å². The molecule has 86 valence electrons. The Morgan fingerprint density at radius 2 is 1.60 bits per heavy atom. The van der Waals surface area contributed by atoms with Gasteiger partial charge in [-0.1, -0.05) is 58.3 Å². The van der Waals surface area contributed by atoms with Crippen molar-refractivity contribution in [3.05, 3.63) is 0 Å².